The van der Waals surface area contributed by atoms with Gasteiger partial charge < -0.3 is 14.9 Å². The Morgan fingerprint density at radius 1 is 1.30 bits per heavy atom. The first-order valence-electron chi connectivity index (χ1n) is 5.71. The molecular weight excluding hydrogens is 460 g/mol. The predicted molar refractivity (Wildman–Crippen MR) is 86.8 cm³/mol. The van der Waals surface area contributed by atoms with E-state index in [1.807, 2.05) is 0 Å². The topological polar surface area (TPSA) is 66.8 Å². The second kappa shape index (κ2) is 8.17. The normalized spacial score (nSPS) is 12.0. The van der Waals surface area contributed by atoms with Crippen molar-refractivity contribution in [2.45, 2.75) is 25.6 Å². The van der Waals surface area contributed by atoms with Crippen LogP contribution in [-0.2, 0) is 4.79 Å². The quantitative estimate of drug-likeness (QED) is 0.453. The highest BCUT2D eigenvalue weighted by Crippen LogP contribution is 2.37. The van der Waals surface area contributed by atoms with Gasteiger partial charge in [-0.1, -0.05) is 22.5 Å². The van der Waals surface area contributed by atoms with Crippen molar-refractivity contribution in [2.75, 3.05) is 0 Å². The summed E-state index contributed by atoms with van der Waals surface area (Å²) in [5.74, 6) is -0.517. The molecule has 0 heterocycles. The van der Waals surface area contributed by atoms with Crippen molar-refractivity contribution in [3.63, 3.8) is 0 Å². The molecule has 0 spiro atoms. The molecule has 2 N–H and O–H groups in total. The largest absolute Gasteiger partial charge is 0.478 e. The maximum atomic E-state index is 10.6. The molecule has 1 aromatic rings. The summed E-state index contributed by atoms with van der Waals surface area (Å²) in [5, 5.41) is 18.5. The third-order valence-corrected chi connectivity index (χ3v) is 4.08. The molecule has 4 nitrogen and oxygen atoms in total. The summed E-state index contributed by atoms with van der Waals surface area (Å²) in [5.41, 5.74) is 0.128. The van der Waals surface area contributed by atoms with E-state index in [2.05, 4.69) is 54.4 Å². The van der Waals surface area contributed by atoms with E-state index in [4.69, 9.17) is 9.84 Å². The van der Waals surface area contributed by atoms with Gasteiger partial charge in [0.2, 0.25) is 0 Å². The Labute approximate surface area is 142 Å². The number of hydrogen-bond donors (Lipinski definition) is 2. The molecule has 0 aliphatic rings. The van der Waals surface area contributed by atoms with Gasteiger partial charge in [-0.15, -0.1) is 0 Å². The third-order valence-electron chi connectivity index (χ3n) is 2.45. The summed E-state index contributed by atoms with van der Waals surface area (Å²) >= 11 is 10.0. The molecule has 1 rings (SSSR count). The van der Waals surface area contributed by atoms with Crippen LogP contribution in [0.2, 0.25) is 0 Å². The van der Waals surface area contributed by atoms with E-state index in [1.54, 1.807) is 12.1 Å². The minimum absolute atomic E-state index is 0.128. The van der Waals surface area contributed by atoms with Crippen LogP contribution < -0.4 is 4.74 Å². The van der Waals surface area contributed by atoms with Crippen LogP contribution in [0.5, 0.6) is 5.75 Å². The number of rotatable bonds is 7. The Bertz CT molecular complexity index is 493. The fourth-order valence-electron chi connectivity index (χ4n) is 1.43. The lowest BCUT2D eigenvalue weighted by Gasteiger charge is -2.16. The van der Waals surface area contributed by atoms with Crippen LogP contribution in [0, 0.1) is 0 Å². The highest BCUT2D eigenvalue weighted by Gasteiger charge is 2.14. The van der Waals surface area contributed by atoms with Gasteiger partial charge in [0.15, 0.2) is 12.0 Å². The number of carboxylic acids is 1. The van der Waals surface area contributed by atoms with Crippen LogP contribution in [0.4, 0.5) is 0 Å². The van der Waals surface area contributed by atoms with E-state index < -0.39 is 12.3 Å². The molecule has 0 saturated carbocycles. The molecule has 1 aromatic carbocycles. The zero-order valence-corrected chi connectivity index (χ0v) is 15.2. The average molecular weight is 473 g/mol. The van der Waals surface area contributed by atoms with Crippen LogP contribution in [0.3, 0.4) is 0 Å². The van der Waals surface area contributed by atoms with Crippen LogP contribution >= 0.6 is 47.8 Å². The summed E-state index contributed by atoms with van der Waals surface area (Å²) in [6.07, 6.45) is 0.114. The lowest BCUT2D eigenvalue weighted by atomic mass is 10.1. The van der Waals surface area contributed by atoms with Crippen molar-refractivity contribution in [1.29, 1.82) is 0 Å². The Morgan fingerprint density at radius 2 is 1.85 bits per heavy atom. The van der Waals surface area contributed by atoms with Crippen molar-refractivity contribution in [2.24, 2.45) is 0 Å². The number of halogens is 3. The highest BCUT2D eigenvalue weighted by atomic mass is 79.9. The molecule has 0 radical (unpaired) electrons. The molecule has 20 heavy (non-hydrogen) atoms. The first kappa shape index (κ1) is 17.7. The number of aliphatic carboxylic acids is 1. The van der Waals surface area contributed by atoms with E-state index in [0.717, 1.165) is 4.47 Å². The standard InChI is InChI=1S/C13H13Br3O4/c1-7(13(18)19)3-2-4-11(17)20-12-9(15)5-8(14)6-10(12)16/h5-6,11,17H,1-4H2,(H,18,19). The van der Waals surface area contributed by atoms with Crippen LogP contribution in [0.25, 0.3) is 0 Å². The molecule has 0 aliphatic heterocycles. The monoisotopic (exact) mass is 470 g/mol. The van der Waals surface area contributed by atoms with Crippen molar-refractivity contribution >= 4 is 53.8 Å². The maximum Gasteiger partial charge on any atom is 0.330 e. The fraction of sp³-hybridized carbons (Fsp3) is 0.308. The maximum absolute atomic E-state index is 10.6. The highest BCUT2D eigenvalue weighted by molar-refractivity contribution is 9.11. The van der Waals surface area contributed by atoms with E-state index in [0.29, 0.717) is 34.0 Å². The smallest absolute Gasteiger partial charge is 0.330 e. The number of carboxylic acid groups (broad SMARTS) is 1. The number of aliphatic hydroxyl groups excluding tert-OH is 1. The number of hydrogen-bond acceptors (Lipinski definition) is 3. The summed E-state index contributed by atoms with van der Waals surface area (Å²) in [6.45, 7) is 3.43. The molecule has 0 amide bonds. The molecule has 7 heteroatoms. The minimum Gasteiger partial charge on any atom is -0.478 e. The molecule has 1 unspecified atom stereocenters. The van der Waals surface area contributed by atoms with Gasteiger partial charge >= 0.3 is 5.97 Å². The van der Waals surface area contributed by atoms with Gasteiger partial charge in [0.1, 0.15) is 0 Å². The van der Waals surface area contributed by atoms with Crippen LogP contribution in [0.1, 0.15) is 19.3 Å². The summed E-state index contributed by atoms with van der Waals surface area (Å²) in [6, 6.07) is 3.61. The van der Waals surface area contributed by atoms with Crippen molar-refractivity contribution in [3.05, 3.63) is 37.7 Å². The molecular formula is C13H13Br3O4. The van der Waals surface area contributed by atoms with E-state index in [9.17, 15) is 9.90 Å². The lowest BCUT2D eigenvalue weighted by molar-refractivity contribution is -0.132. The Morgan fingerprint density at radius 3 is 2.35 bits per heavy atom. The fourth-order valence-corrected chi connectivity index (χ4v) is 3.88. The van der Waals surface area contributed by atoms with E-state index >= 15 is 0 Å². The van der Waals surface area contributed by atoms with E-state index in [-0.39, 0.29) is 5.57 Å². The second-order valence-corrected chi connectivity index (χ2v) is 6.70. The lowest BCUT2D eigenvalue weighted by Crippen LogP contribution is -2.16. The number of carbonyl (C=O) groups is 1. The first-order chi connectivity index (χ1) is 9.31. The Hall–Kier alpha value is -0.370. The van der Waals surface area contributed by atoms with Gasteiger partial charge in [0.05, 0.1) is 8.95 Å². The van der Waals surface area contributed by atoms with E-state index in [1.165, 1.54) is 0 Å². The van der Waals surface area contributed by atoms with Gasteiger partial charge in [0.25, 0.3) is 0 Å². The van der Waals surface area contributed by atoms with Crippen molar-refractivity contribution in [1.82, 2.24) is 0 Å². The first-order valence-corrected chi connectivity index (χ1v) is 8.09. The Kier molecular flexibility index (Phi) is 7.22. The summed E-state index contributed by atoms with van der Waals surface area (Å²) in [7, 11) is 0. The number of benzene rings is 1. The third kappa shape index (κ3) is 5.55. The molecule has 0 saturated heterocycles. The molecule has 0 aromatic heterocycles. The second-order valence-electron chi connectivity index (χ2n) is 4.07. The van der Waals surface area contributed by atoms with Gasteiger partial charge in [-0.05, 0) is 56.8 Å². The SMILES string of the molecule is C=C(CCCC(O)Oc1c(Br)cc(Br)cc1Br)C(=O)O. The number of aliphatic hydroxyl groups is 1. The molecule has 0 bridgehead atoms. The molecule has 0 fully saturated rings. The van der Waals surface area contributed by atoms with Gasteiger partial charge in [-0.25, -0.2) is 4.79 Å². The zero-order valence-electron chi connectivity index (χ0n) is 10.4. The van der Waals surface area contributed by atoms with Crippen LogP contribution in [0.15, 0.2) is 37.7 Å². The molecule has 110 valence electrons. The summed E-state index contributed by atoms with van der Waals surface area (Å²) < 4.78 is 7.71. The van der Waals surface area contributed by atoms with Crippen molar-refractivity contribution in [3.8, 4) is 5.75 Å². The van der Waals surface area contributed by atoms with Crippen molar-refractivity contribution < 1.29 is 19.7 Å². The van der Waals surface area contributed by atoms with Crippen LogP contribution in [-0.4, -0.2) is 22.5 Å². The van der Waals surface area contributed by atoms with Gasteiger partial charge in [0, 0.05) is 16.5 Å². The molecule has 1 atom stereocenters. The Balaban J connectivity index is 2.53. The van der Waals surface area contributed by atoms with Gasteiger partial charge in [-0.3, -0.25) is 0 Å². The number of ether oxygens (including phenoxy) is 1. The van der Waals surface area contributed by atoms with Gasteiger partial charge in [-0.2, -0.15) is 0 Å². The minimum atomic E-state index is -1.01. The predicted octanol–water partition coefficient (Wildman–Crippen LogP) is 4.48. The summed E-state index contributed by atoms with van der Waals surface area (Å²) in [4.78, 5) is 10.6. The average Bonchev–Trinajstić information content (AvgIpc) is 2.33. The molecule has 0 aliphatic carbocycles. The zero-order chi connectivity index (χ0) is 15.3.